The SMILES string of the molecule is COc1c(C(=O)O)cn2c1C(Nc1ccc(Br)cc1F)=NCN2CCN1CCCC1. The summed E-state index contributed by atoms with van der Waals surface area (Å²) in [6.07, 6.45) is 3.95. The standard InChI is InChI=1S/C20H23BrFN5O3/c1-30-18-14(20(28)29)11-27-17(18)19(24-16-5-4-13(21)10-15(16)22)23-12-26(27)9-8-25-6-2-3-7-25/h4-5,10-11H,2-3,6-9,12H2,1H3,(H,23,24)(H,28,29). The number of aromatic carboxylic acids is 1. The topological polar surface area (TPSA) is 82.3 Å². The van der Waals surface area contributed by atoms with E-state index in [4.69, 9.17) is 4.74 Å². The van der Waals surface area contributed by atoms with Crippen LogP contribution in [0.3, 0.4) is 0 Å². The molecule has 3 heterocycles. The van der Waals surface area contributed by atoms with E-state index in [0.29, 0.717) is 29.2 Å². The molecule has 0 saturated carbocycles. The Morgan fingerprint density at radius 2 is 2.10 bits per heavy atom. The molecule has 2 aromatic rings. The lowest BCUT2D eigenvalue weighted by atomic mass is 10.2. The van der Waals surface area contributed by atoms with Crippen LogP contribution >= 0.6 is 15.9 Å². The van der Waals surface area contributed by atoms with Crippen LogP contribution in [0.1, 0.15) is 28.9 Å². The number of carboxylic acids is 1. The number of amidine groups is 1. The molecular formula is C20H23BrFN5O3. The number of anilines is 1. The van der Waals surface area contributed by atoms with Crippen molar-refractivity contribution in [1.82, 2.24) is 9.58 Å². The number of hydrogen-bond acceptors (Lipinski definition) is 6. The highest BCUT2D eigenvalue weighted by atomic mass is 79.9. The van der Waals surface area contributed by atoms with Gasteiger partial charge in [-0.1, -0.05) is 15.9 Å². The molecule has 4 rings (SSSR count). The van der Waals surface area contributed by atoms with Crippen LogP contribution in [0.25, 0.3) is 0 Å². The van der Waals surface area contributed by atoms with Crippen LogP contribution in [0.4, 0.5) is 10.1 Å². The highest BCUT2D eigenvalue weighted by molar-refractivity contribution is 9.10. The van der Waals surface area contributed by atoms with E-state index in [2.05, 4.69) is 31.1 Å². The molecule has 0 bridgehead atoms. The van der Waals surface area contributed by atoms with Crippen LogP contribution in [-0.4, -0.2) is 66.4 Å². The Hall–Kier alpha value is -2.59. The van der Waals surface area contributed by atoms with Gasteiger partial charge in [0.25, 0.3) is 0 Å². The quantitative estimate of drug-likeness (QED) is 0.662. The van der Waals surface area contributed by atoms with Gasteiger partial charge in [0, 0.05) is 23.8 Å². The first-order valence-electron chi connectivity index (χ1n) is 9.75. The second-order valence-corrected chi connectivity index (χ2v) is 8.17. The monoisotopic (exact) mass is 479 g/mol. The number of benzene rings is 1. The summed E-state index contributed by atoms with van der Waals surface area (Å²) in [5.74, 6) is -0.989. The third-order valence-electron chi connectivity index (χ3n) is 5.35. The van der Waals surface area contributed by atoms with Crippen LogP contribution in [0.15, 0.2) is 33.9 Å². The smallest absolute Gasteiger partial charge is 0.341 e. The van der Waals surface area contributed by atoms with E-state index in [1.807, 2.05) is 5.01 Å². The maximum atomic E-state index is 14.4. The van der Waals surface area contributed by atoms with Crippen molar-refractivity contribution in [2.45, 2.75) is 12.8 Å². The van der Waals surface area contributed by atoms with Crippen molar-refractivity contribution in [2.24, 2.45) is 4.99 Å². The van der Waals surface area contributed by atoms with Gasteiger partial charge in [-0.2, -0.15) is 0 Å². The zero-order valence-corrected chi connectivity index (χ0v) is 18.2. The number of hydrogen-bond donors (Lipinski definition) is 2. The Balaban J connectivity index is 1.67. The Morgan fingerprint density at radius 3 is 2.77 bits per heavy atom. The summed E-state index contributed by atoms with van der Waals surface area (Å²) >= 11 is 3.24. The predicted octanol–water partition coefficient (Wildman–Crippen LogP) is 2.96. The number of carboxylic acid groups (broad SMARTS) is 1. The highest BCUT2D eigenvalue weighted by Crippen LogP contribution is 2.30. The lowest BCUT2D eigenvalue weighted by Gasteiger charge is -2.32. The van der Waals surface area contributed by atoms with E-state index in [1.165, 1.54) is 32.2 Å². The van der Waals surface area contributed by atoms with Crippen molar-refractivity contribution < 1.29 is 19.0 Å². The summed E-state index contributed by atoms with van der Waals surface area (Å²) in [7, 11) is 1.42. The van der Waals surface area contributed by atoms with Gasteiger partial charge < -0.3 is 20.1 Å². The number of ether oxygens (including phenoxy) is 1. The average Bonchev–Trinajstić information content (AvgIpc) is 3.37. The van der Waals surface area contributed by atoms with Gasteiger partial charge in [-0.25, -0.2) is 14.2 Å². The summed E-state index contributed by atoms with van der Waals surface area (Å²) < 4.78 is 22.2. The molecule has 0 amide bonds. The van der Waals surface area contributed by atoms with E-state index in [-0.39, 0.29) is 17.0 Å². The number of aromatic nitrogens is 1. The van der Waals surface area contributed by atoms with Crippen LogP contribution in [0.5, 0.6) is 5.75 Å². The molecule has 2 aliphatic heterocycles. The minimum Gasteiger partial charge on any atom is -0.493 e. The number of rotatable bonds is 6. The van der Waals surface area contributed by atoms with Crippen molar-refractivity contribution in [3.05, 3.63) is 45.9 Å². The average molecular weight is 480 g/mol. The lowest BCUT2D eigenvalue weighted by Crippen LogP contribution is -2.45. The summed E-state index contributed by atoms with van der Waals surface area (Å²) in [4.78, 5) is 18.7. The first-order valence-corrected chi connectivity index (χ1v) is 10.5. The zero-order valence-electron chi connectivity index (χ0n) is 16.6. The number of nitrogens with one attached hydrogen (secondary N) is 1. The fraction of sp³-hybridized carbons (Fsp3) is 0.400. The molecular weight excluding hydrogens is 457 g/mol. The fourth-order valence-electron chi connectivity index (χ4n) is 3.83. The number of likely N-dealkylation sites (tertiary alicyclic amines) is 1. The normalized spacial score (nSPS) is 16.4. The van der Waals surface area contributed by atoms with Crippen LogP contribution in [-0.2, 0) is 0 Å². The van der Waals surface area contributed by atoms with E-state index in [9.17, 15) is 14.3 Å². The maximum absolute atomic E-state index is 14.4. The van der Waals surface area contributed by atoms with E-state index in [1.54, 1.807) is 16.8 Å². The summed E-state index contributed by atoms with van der Waals surface area (Å²) in [5, 5.41) is 14.6. The Morgan fingerprint density at radius 1 is 1.33 bits per heavy atom. The molecule has 2 N–H and O–H groups in total. The van der Waals surface area contributed by atoms with Crippen LogP contribution in [0, 0.1) is 5.82 Å². The number of aliphatic imine (C=N–C) groups is 1. The van der Waals surface area contributed by atoms with Crippen molar-refractivity contribution in [3.63, 3.8) is 0 Å². The molecule has 1 aromatic heterocycles. The minimum absolute atomic E-state index is 0.0337. The van der Waals surface area contributed by atoms with E-state index in [0.717, 1.165) is 19.6 Å². The largest absolute Gasteiger partial charge is 0.493 e. The van der Waals surface area contributed by atoms with Crippen molar-refractivity contribution in [2.75, 3.05) is 50.3 Å². The van der Waals surface area contributed by atoms with Gasteiger partial charge in [0.2, 0.25) is 0 Å². The molecule has 1 aromatic carbocycles. The Kier molecular flexibility index (Phi) is 5.96. The fourth-order valence-corrected chi connectivity index (χ4v) is 4.16. The first kappa shape index (κ1) is 20.7. The second kappa shape index (κ2) is 8.65. The molecule has 0 aliphatic carbocycles. The Labute approximate surface area is 182 Å². The maximum Gasteiger partial charge on any atom is 0.341 e. The van der Waals surface area contributed by atoms with Gasteiger partial charge in [0.15, 0.2) is 11.6 Å². The molecule has 0 radical (unpaired) electrons. The number of nitrogens with zero attached hydrogens (tertiary/aromatic N) is 4. The third kappa shape index (κ3) is 4.01. The molecule has 160 valence electrons. The third-order valence-corrected chi connectivity index (χ3v) is 5.85. The second-order valence-electron chi connectivity index (χ2n) is 7.25. The zero-order chi connectivity index (χ0) is 21.3. The van der Waals surface area contributed by atoms with E-state index < -0.39 is 11.8 Å². The number of carbonyl (C=O) groups is 1. The van der Waals surface area contributed by atoms with Gasteiger partial charge in [-0.05, 0) is 44.1 Å². The van der Waals surface area contributed by atoms with Gasteiger partial charge >= 0.3 is 5.97 Å². The van der Waals surface area contributed by atoms with Gasteiger partial charge in [0.1, 0.15) is 23.7 Å². The summed E-state index contributed by atoms with van der Waals surface area (Å²) in [5.41, 5.74) is 0.741. The first-order chi connectivity index (χ1) is 14.5. The van der Waals surface area contributed by atoms with Crippen LogP contribution in [0.2, 0.25) is 0 Å². The van der Waals surface area contributed by atoms with Gasteiger partial charge in [-0.15, -0.1) is 0 Å². The minimum atomic E-state index is -1.09. The summed E-state index contributed by atoms with van der Waals surface area (Å²) in [6, 6.07) is 4.67. The molecule has 8 nitrogen and oxygen atoms in total. The van der Waals surface area contributed by atoms with Gasteiger partial charge in [-0.3, -0.25) is 9.69 Å². The number of halogens is 2. The molecule has 1 fully saturated rings. The van der Waals surface area contributed by atoms with Crippen molar-refractivity contribution in [1.29, 1.82) is 0 Å². The molecule has 0 spiro atoms. The predicted molar refractivity (Wildman–Crippen MR) is 116 cm³/mol. The molecule has 10 heteroatoms. The molecule has 1 saturated heterocycles. The number of fused-ring (bicyclic) bond motifs is 1. The lowest BCUT2D eigenvalue weighted by molar-refractivity contribution is 0.0693. The summed E-state index contributed by atoms with van der Waals surface area (Å²) in [6.45, 7) is 4.03. The molecule has 0 unspecified atom stereocenters. The Bertz CT molecular complexity index is 987. The van der Waals surface area contributed by atoms with Crippen molar-refractivity contribution in [3.8, 4) is 5.75 Å². The van der Waals surface area contributed by atoms with Crippen LogP contribution < -0.4 is 15.1 Å². The molecule has 2 aliphatic rings. The van der Waals surface area contributed by atoms with Crippen molar-refractivity contribution >= 4 is 33.4 Å². The highest BCUT2D eigenvalue weighted by Gasteiger charge is 2.30. The molecule has 0 atom stereocenters. The number of methoxy groups -OCH3 is 1. The van der Waals surface area contributed by atoms with E-state index >= 15 is 0 Å². The molecule has 30 heavy (non-hydrogen) atoms. The van der Waals surface area contributed by atoms with Gasteiger partial charge in [0.05, 0.1) is 12.8 Å².